The monoisotopic (exact) mass is 225 g/mol. The van der Waals surface area contributed by atoms with Crippen molar-refractivity contribution < 1.29 is 4.79 Å². The Balaban J connectivity index is 2.56. The Kier molecular flexibility index (Phi) is 5.49. The van der Waals surface area contributed by atoms with Crippen LogP contribution in [0.5, 0.6) is 0 Å². The predicted octanol–water partition coefficient (Wildman–Crippen LogP) is 0.363. The largest absolute Gasteiger partial charge is 0.355 e. The number of rotatable bonds is 4. The summed E-state index contributed by atoms with van der Waals surface area (Å²) in [6, 6.07) is -0.0238. The van der Waals surface area contributed by atoms with Crippen LogP contribution in [0.25, 0.3) is 0 Å². The highest BCUT2D eigenvalue weighted by molar-refractivity contribution is 5.82. The molecule has 1 saturated heterocycles. The van der Waals surface area contributed by atoms with Crippen molar-refractivity contribution in [2.75, 3.05) is 32.7 Å². The molecule has 1 amide bonds. The van der Waals surface area contributed by atoms with Gasteiger partial charge in [-0.2, -0.15) is 0 Å². The zero-order chi connectivity index (χ0) is 12.0. The molecule has 92 valence electrons. The lowest BCUT2D eigenvalue weighted by Crippen LogP contribution is -2.57. The van der Waals surface area contributed by atoms with Gasteiger partial charge in [0.2, 0.25) is 5.91 Å². The van der Waals surface area contributed by atoms with Gasteiger partial charge in [0.1, 0.15) is 6.04 Å². The van der Waals surface area contributed by atoms with E-state index >= 15 is 0 Å². The van der Waals surface area contributed by atoms with E-state index in [-0.39, 0.29) is 11.9 Å². The van der Waals surface area contributed by atoms with Gasteiger partial charge in [-0.15, -0.1) is 0 Å². The summed E-state index contributed by atoms with van der Waals surface area (Å²) in [5, 5.41) is 6.16. The van der Waals surface area contributed by atoms with Crippen LogP contribution in [0.1, 0.15) is 20.8 Å². The molecular weight excluding hydrogens is 202 g/mol. The second kappa shape index (κ2) is 6.66. The lowest BCUT2D eigenvalue weighted by atomic mass is 10.1. The minimum absolute atomic E-state index is 0.0238. The maximum Gasteiger partial charge on any atom is 0.238 e. The van der Waals surface area contributed by atoms with Crippen LogP contribution in [0.4, 0.5) is 0 Å². The molecule has 0 bridgehead atoms. The van der Waals surface area contributed by atoms with Gasteiger partial charge in [0, 0.05) is 32.7 Å². The topological polar surface area (TPSA) is 44.4 Å². The molecule has 1 rings (SSSR count). The van der Waals surface area contributed by atoms with Crippen molar-refractivity contribution in [1.82, 2.24) is 15.5 Å². The number of piperazine rings is 1. The van der Waals surface area contributed by atoms with Gasteiger partial charge in [0.25, 0.3) is 0 Å². The first-order valence-corrected chi connectivity index (χ1v) is 6.01. The fraction of sp³-hybridized carbons (Fsp3) is 0.750. The molecule has 1 atom stereocenters. The smallest absolute Gasteiger partial charge is 0.238 e. The number of hydrogen-bond donors (Lipinski definition) is 2. The van der Waals surface area contributed by atoms with E-state index < -0.39 is 0 Å². The fourth-order valence-electron chi connectivity index (χ4n) is 1.82. The van der Waals surface area contributed by atoms with Crippen molar-refractivity contribution >= 4 is 5.91 Å². The highest BCUT2D eigenvalue weighted by atomic mass is 16.2. The van der Waals surface area contributed by atoms with Crippen molar-refractivity contribution in [3.63, 3.8) is 0 Å². The van der Waals surface area contributed by atoms with Crippen LogP contribution < -0.4 is 10.6 Å². The van der Waals surface area contributed by atoms with E-state index in [4.69, 9.17) is 0 Å². The van der Waals surface area contributed by atoms with Crippen molar-refractivity contribution in [2.24, 2.45) is 0 Å². The summed E-state index contributed by atoms with van der Waals surface area (Å²) in [6.07, 6.45) is 2.18. The van der Waals surface area contributed by atoms with E-state index in [0.29, 0.717) is 6.54 Å². The van der Waals surface area contributed by atoms with Gasteiger partial charge < -0.3 is 10.6 Å². The van der Waals surface area contributed by atoms with Crippen LogP contribution in [-0.4, -0.2) is 49.6 Å². The minimum Gasteiger partial charge on any atom is -0.355 e. The molecule has 1 aliphatic heterocycles. The third-order valence-electron chi connectivity index (χ3n) is 2.74. The van der Waals surface area contributed by atoms with Crippen LogP contribution in [0.15, 0.2) is 11.6 Å². The molecule has 0 aromatic heterocycles. The van der Waals surface area contributed by atoms with E-state index in [1.807, 2.05) is 6.92 Å². The Bertz CT molecular complexity index is 259. The fourth-order valence-corrected chi connectivity index (χ4v) is 1.82. The zero-order valence-corrected chi connectivity index (χ0v) is 10.5. The Labute approximate surface area is 98.1 Å². The SMILES string of the molecule is CCNC(=O)C1CNCCN1CC=C(C)C. The summed E-state index contributed by atoms with van der Waals surface area (Å²) >= 11 is 0. The Morgan fingerprint density at radius 3 is 2.94 bits per heavy atom. The second-order valence-corrected chi connectivity index (χ2v) is 4.39. The van der Waals surface area contributed by atoms with Gasteiger partial charge >= 0.3 is 0 Å². The maximum absolute atomic E-state index is 11.8. The van der Waals surface area contributed by atoms with Gasteiger partial charge in [0.05, 0.1) is 0 Å². The quantitative estimate of drug-likeness (QED) is 0.679. The van der Waals surface area contributed by atoms with Gasteiger partial charge in [0.15, 0.2) is 0 Å². The molecule has 0 spiro atoms. The number of carbonyl (C=O) groups excluding carboxylic acids is 1. The predicted molar refractivity (Wildman–Crippen MR) is 66.3 cm³/mol. The Morgan fingerprint density at radius 1 is 1.56 bits per heavy atom. The summed E-state index contributed by atoms with van der Waals surface area (Å²) in [5.74, 6) is 0.136. The lowest BCUT2D eigenvalue weighted by Gasteiger charge is -2.34. The maximum atomic E-state index is 11.8. The molecular formula is C12H23N3O. The van der Waals surface area contributed by atoms with Crippen LogP contribution in [0.3, 0.4) is 0 Å². The normalized spacial score (nSPS) is 21.6. The average Bonchev–Trinajstić information content (AvgIpc) is 2.27. The van der Waals surface area contributed by atoms with E-state index in [0.717, 1.165) is 26.2 Å². The molecule has 1 aliphatic rings. The molecule has 0 aliphatic carbocycles. The molecule has 4 heteroatoms. The molecule has 4 nitrogen and oxygen atoms in total. The molecule has 2 N–H and O–H groups in total. The van der Waals surface area contributed by atoms with Crippen molar-refractivity contribution in [1.29, 1.82) is 0 Å². The molecule has 16 heavy (non-hydrogen) atoms. The van der Waals surface area contributed by atoms with Crippen LogP contribution >= 0.6 is 0 Å². The van der Waals surface area contributed by atoms with E-state index in [9.17, 15) is 4.79 Å². The van der Waals surface area contributed by atoms with Gasteiger partial charge in [-0.1, -0.05) is 11.6 Å². The third kappa shape index (κ3) is 3.94. The standard InChI is InChI=1S/C12H23N3O/c1-4-14-12(16)11-9-13-6-8-15(11)7-5-10(2)3/h5,11,13H,4,6-9H2,1-3H3,(H,14,16). The van der Waals surface area contributed by atoms with Crippen LogP contribution in [0, 0.1) is 0 Å². The molecule has 0 aromatic rings. The molecule has 1 fully saturated rings. The zero-order valence-electron chi connectivity index (χ0n) is 10.5. The first kappa shape index (κ1) is 13.2. The first-order valence-electron chi connectivity index (χ1n) is 6.01. The van der Waals surface area contributed by atoms with Crippen molar-refractivity contribution in [3.05, 3.63) is 11.6 Å². The van der Waals surface area contributed by atoms with Crippen LogP contribution in [-0.2, 0) is 4.79 Å². The summed E-state index contributed by atoms with van der Waals surface area (Å²) in [7, 11) is 0. The third-order valence-corrected chi connectivity index (χ3v) is 2.74. The van der Waals surface area contributed by atoms with E-state index in [1.165, 1.54) is 5.57 Å². The molecule has 0 aromatic carbocycles. The summed E-state index contributed by atoms with van der Waals surface area (Å²) < 4.78 is 0. The van der Waals surface area contributed by atoms with Crippen molar-refractivity contribution in [2.45, 2.75) is 26.8 Å². The number of nitrogens with one attached hydrogen (secondary N) is 2. The van der Waals surface area contributed by atoms with Gasteiger partial charge in [-0.3, -0.25) is 9.69 Å². The van der Waals surface area contributed by atoms with Gasteiger partial charge in [-0.05, 0) is 20.8 Å². The second-order valence-electron chi connectivity index (χ2n) is 4.39. The summed E-state index contributed by atoms with van der Waals surface area (Å²) in [4.78, 5) is 14.1. The van der Waals surface area contributed by atoms with Crippen LogP contribution in [0.2, 0.25) is 0 Å². The Hall–Kier alpha value is -0.870. The number of likely N-dealkylation sites (N-methyl/N-ethyl adjacent to an activating group) is 1. The minimum atomic E-state index is -0.0238. The molecule has 0 saturated carbocycles. The van der Waals surface area contributed by atoms with E-state index in [1.54, 1.807) is 0 Å². The number of allylic oxidation sites excluding steroid dienone is 1. The van der Waals surface area contributed by atoms with Crippen molar-refractivity contribution in [3.8, 4) is 0 Å². The summed E-state index contributed by atoms with van der Waals surface area (Å²) in [5.41, 5.74) is 1.30. The highest BCUT2D eigenvalue weighted by Gasteiger charge is 2.27. The van der Waals surface area contributed by atoms with E-state index in [2.05, 4.69) is 35.5 Å². The van der Waals surface area contributed by atoms with Gasteiger partial charge in [-0.25, -0.2) is 0 Å². The number of hydrogen-bond acceptors (Lipinski definition) is 3. The molecule has 0 radical (unpaired) electrons. The Morgan fingerprint density at radius 2 is 2.31 bits per heavy atom. The average molecular weight is 225 g/mol. The lowest BCUT2D eigenvalue weighted by molar-refractivity contribution is -0.126. The first-order chi connectivity index (χ1) is 7.65. The molecule has 1 heterocycles. The number of amides is 1. The number of nitrogens with zero attached hydrogens (tertiary/aromatic N) is 1. The number of carbonyl (C=O) groups is 1. The molecule has 1 unspecified atom stereocenters. The summed E-state index contributed by atoms with van der Waals surface area (Å²) in [6.45, 7) is 10.3. The highest BCUT2D eigenvalue weighted by Crippen LogP contribution is 2.04.